The molecule has 0 aliphatic carbocycles. The van der Waals surface area contributed by atoms with E-state index in [4.69, 9.17) is 0 Å². The summed E-state index contributed by atoms with van der Waals surface area (Å²) in [6.07, 6.45) is 2.38. The van der Waals surface area contributed by atoms with Gasteiger partial charge in [0.25, 0.3) is 5.91 Å². The Morgan fingerprint density at radius 2 is 2.00 bits per heavy atom. The summed E-state index contributed by atoms with van der Waals surface area (Å²) in [5, 5.41) is 13.2. The molecule has 2 atom stereocenters. The number of aromatic hydroxyl groups is 1. The molecule has 2 aromatic rings. The second kappa shape index (κ2) is 7.02. The van der Waals surface area contributed by atoms with Crippen LogP contribution in [0.2, 0.25) is 0 Å². The van der Waals surface area contributed by atoms with Gasteiger partial charge in [0.05, 0.1) is 14.0 Å². The van der Waals surface area contributed by atoms with Gasteiger partial charge in [-0.1, -0.05) is 23.9 Å². The second-order valence-electron chi connectivity index (χ2n) is 6.80. The van der Waals surface area contributed by atoms with Gasteiger partial charge in [-0.05, 0) is 63.0 Å². The number of nitrogens with zero attached hydrogens (tertiary/aromatic N) is 1. The van der Waals surface area contributed by atoms with E-state index in [0.29, 0.717) is 12.0 Å². The number of para-hydroxylation sites is 1. The van der Waals surface area contributed by atoms with Crippen LogP contribution in [0.4, 0.5) is 0 Å². The fourth-order valence-corrected chi connectivity index (χ4v) is 5.93. The molecule has 3 aliphatic heterocycles. The van der Waals surface area contributed by atoms with E-state index in [9.17, 15) is 9.90 Å². The van der Waals surface area contributed by atoms with Crippen LogP contribution in [-0.4, -0.2) is 41.1 Å². The molecule has 0 spiro atoms. The Hall–Kier alpha value is -1.50. The predicted octanol–water partition coefficient (Wildman–Crippen LogP) is 3.82. The van der Waals surface area contributed by atoms with Gasteiger partial charge in [-0.3, -0.25) is 9.69 Å². The van der Waals surface area contributed by atoms with Crippen LogP contribution in [0.15, 0.2) is 45.5 Å². The number of amides is 1. The molecular weight excluding hydrogens is 352 g/mol. The SMILES string of the molecule is C[C@H]1[C@H](NC(=O)c2ccc(Sc3ccccc3O)s2)C2CCN1CC2. The Balaban J connectivity index is 1.43. The van der Waals surface area contributed by atoms with E-state index in [1.807, 2.05) is 30.3 Å². The van der Waals surface area contributed by atoms with Crippen LogP contribution in [0.25, 0.3) is 0 Å². The molecule has 132 valence electrons. The maximum Gasteiger partial charge on any atom is 0.261 e. The van der Waals surface area contributed by atoms with Crippen LogP contribution < -0.4 is 5.32 Å². The third-order valence-corrected chi connectivity index (χ3v) is 7.64. The number of benzene rings is 1. The number of fused-ring (bicyclic) bond motifs is 3. The lowest BCUT2D eigenvalue weighted by Gasteiger charge is -2.49. The number of rotatable bonds is 4. The summed E-state index contributed by atoms with van der Waals surface area (Å²) >= 11 is 2.97. The lowest BCUT2D eigenvalue weighted by Crippen LogP contribution is -2.62. The quantitative estimate of drug-likeness (QED) is 0.854. The molecule has 0 unspecified atom stereocenters. The summed E-state index contributed by atoms with van der Waals surface area (Å²) in [5.74, 6) is 0.909. The van der Waals surface area contributed by atoms with E-state index in [-0.39, 0.29) is 17.7 Å². The number of phenols is 1. The maximum absolute atomic E-state index is 12.7. The first-order valence-corrected chi connectivity index (χ1v) is 10.4. The van der Waals surface area contributed by atoms with Crippen LogP contribution in [-0.2, 0) is 0 Å². The van der Waals surface area contributed by atoms with Crippen LogP contribution in [0, 0.1) is 5.92 Å². The Bertz CT molecular complexity index is 766. The first kappa shape index (κ1) is 16.9. The number of carbonyl (C=O) groups excluding carboxylic acids is 1. The van der Waals surface area contributed by atoms with Gasteiger partial charge >= 0.3 is 0 Å². The number of hydrogen-bond acceptors (Lipinski definition) is 5. The number of carbonyl (C=O) groups is 1. The van der Waals surface area contributed by atoms with E-state index >= 15 is 0 Å². The van der Waals surface area contributed by atoms with Crippen molar-refractivity contribution in [2.24, 2.45) is 5.92 Å². The smallest absolute Gasteiger partial charge is 0.261 e. The van der Waals surface area contributed by atoms with Gasteiger partial charge in [-0.25, -0.2) is 0 Å². The first-order valence-electron chi connectivity index (χ1n) is 8.72. The monoisotopic (exact) mass is 374 g/mol. The van der Waals surface area contributed by atoms with Crippen LogP contribution >= 0.6 is 23.1 Å². The van der Waals surface area contributed by atoms with E-state index in [1.54, 1.807) is 6.07 Å². The summed E-state index contributed by atoms with van der Waals surface area (Å²) < 4.78 is 1.01. The van der Waals surface area contributed by atoms with Crippen molar-refractivity contribution >= 4 is 29.0 Å². The van der Waals surface area contributed by atoms with Crippen molar-refractivity contribution in [1.82, 2.24) is 10.2 Å². The number of nitrogens with one attached hydrogen (secondary N) is 1. The third-order valence-electron chi connectivity index (χ3n) is 5.36. The molecule has 25 heavy (non-hydrogen) atoms. The lowest BCUT2D eigenvalue weighted by molar-refractivity contribution is 0.0218. The topological polar surface area (TPSA) is 52.6 Å². The second-order valence-corrected chi connectivity index (χ2v) is 9.23. The molecule has 0 radical (unpaired) electrons. The molecule has 6 heteroatoms. The Kier molecular flexibility index (Phi) is 4.75. The van der Waals surface area contributed by atoms with Gasteiger partial charge < -0.3 is 10.4 Å². The van der Waals surface area contributed by atoms with E-state index < -0.39 is 0 Å². The summed E-state index contributed by atoms with van der Waals surface area (Å²) in [5.41, 5.74) is 0. The van der Waals surface area contributed by atoms with Crippen LogP contribution in [0.5, 0.6) is 5.75 Å². The molecule has 4 heterocycles. The zero-order chi connectivity index (χ0) is 17.4. The number of piperidine rings is 3. The highest BCUT2D eigenvalue weighted by molar-refractivity contribution is 8.01. The van der Waals surface area contributed by atoms with Gasteiger partial charge in [0.15, 0.2) is 0 Å². The Labute approximate surface area is 156 Å². The first-order chi connectivity index (χ1) is 12.1. The zero-order valence-corrected chi connectivity index (χ0v) is 15.8. The minimum atomic E-state index is 0.0275. The molecule has 0 saturated carbocycles. The molecule has 4 nitrogen and oxygen atoms in total. The van der Waals surface area contributed by atoms with Gasteiger partial charge in [-0.2, -0.15) is 0 Å². The number of phenolic OH excluding ortho intramolecular Hbond substituents is 1. The summed E-state index contributed by atoms with van der Waals surface area (Å²) in [4.78, 5) is 16.7. The average Bonchev–Trinajstić information content (AvgIpc) is 3.09. The molecule has 3 saturated heterocycles. The van der Waals surface area contributed by atoms with Crippen molar-refractivity contribution in [3.63, 3.8) is 0 Å². The lowest BCUT2D eigenvalue weighted by atomic mass is 9.79. The largest absolute Gasteiger partial charge is 0.507 e. The van der Waals surface area contributed by atoms with Crippen molar-refractivity contribution in [3.8, 4) is 5.75 Å². The number of thiophene rings is 1. The molecule has 5 rings (SSSR count). The minimum absolute atomic E-state index is 0.0275. The van der Waals surface area contributed by atoms with Crippen molar-refractivity contribution in [1.29, 1.82) is 0 Å². The van der Waals surface area contributed by atoms with Crippen molar-refractivity contribution in [2.45, 2.75) is 41.0 Å². The molecule has 3 fully saturated rings. The average molecular weight is 375 g/mol. The van der Waals surface area contributed by atoms with Crippen molar-refractivity contribution in [2.75, 3.05) is 13.1 Å². The minimum Gasteiger partial charge on any atom is -0.507 e. The van der Waals surface area contributed by atoms with E-state index in [1.165, 1.54) is 49.0 Å². The molecule has 2 bridgehead atoms. The van der Waals surface area contributed by atoms with Crippen LogP contribution in [0.1, 0.15) is 29.4 Å². The van der Waals surface area contributed by atoms with Crippen molar-refractivity contribution < 1.29 is 9.90 Å². The van der Waals surface area contributed by atoms with Gasteiger partial charge in [0.1, 0.15) is 5.75 Å². The van der Waals surface area contributed by atoms with Gasteiger partial charge in [0.2, 0.25) is 0 Å². The fourth-order valence-electron chi connectivity index (χ4n) is 3.92. The summed E-state index contributed by atoms with van der Waals surface area (Å²) in [6.45, 7) is 4.56. The zero-order valence-electron chi connectivity index (χ0n) is 14.1. The van der Waals surface area contributed by atoms with E-state index in [0.717, 1.165) is 14.0 Å². The van der Waals surface area contributed by atoms with Crippen molar-refractivity contribution in [3.05, 3.63) is 41.3 Å². The highest BCUT2D eigenvalue weighted by atomic mass is 32.2. The van der Waals surface area contributed by atoms with Gasteiger partial charge in [0, 0.05) is 12.1 Å². The third kappa shape index (κ3) is 3.43. The maximum atomic E-state index is 12.7. The molecular formula is C19H22N2O2S2. The van der Waals surface area contributed by atoms with Crippen LogP contribution in [0.3, 0.4) is 0 Å². The summed E-state index contributed by atoms with van der Waals surface area (Å²) in [6, 6.07) is 11.8. The fraction of sp³-hybridized carbons (Fsp3) is 0.421. The molecule has 1 aromatic carbocycles. The van der Waals surface area contributed by atoms with E-state index in [2.05, 4.69) is 17.1 Å². The normalized spacial score (nSPS) is 28.0. The Morgan fingerprint density at radius 3 is 2.72 bits per heavy atom. The Morgan fingerprint density at radius 1 is 1.24 bits per heavy atom. The number of hydrogen-bond donors (Lipinski definition) is 2. The van der Waals surface area contributed by atoms with Gasteiger partial charge in [-0.15, -0.1) is 11.3 Å². The molecule has 3 aliphatic rings. The standard InChI is InChI=1S/C19H22N2O2S2/c1-12-18(13-8-10-21(12)11-9-13)20-19(23)16-6-7-17(25-16)24-15-5-3-2-4-14(15)22/h2-7,12-13,18,22H,8-11H2,1H3,(H,20,23)/t12-,18-/m0/s1. The molecule has 2 N–H and O–H groups in total. The molecule has 1 amide bonds. The summed E-state index contributed by atoms with van der Waals surface area (Å²) in [7, 11) is 0. The molecule has 1 aromatic heterocycles. The highest BCUT2D eigenvalue weighted by Crippen LogP contribution is 2.38. The predicted molar refractivity (Wildman–Crippen MR) is 102 cm³/mol. The highest BCUT2D eigenvalue weighted by Gasteiger charge is 2.40.